The molecule has 0 saturated carbocycles. The predicted octanol–water partition coefficient (Wildman–Crippen LogP) is 13.2. The summed E-state index contributed by atoms with van der Waals surface area (Å²) in [6, 6.07) is 48.5. The van der Waals surface area contributed by atoms with Crippen molar-refractivity contribution in [3.05, 3.63) is 158 Å². The van der Waals surface area contributed by atoms with Crippen LogP contribution in [0.2, 0.25) is 0 Å². The van der Waals surface area contributed by atoms with E-state index in [2.05, 4.69) is 62.2 Å². The van der Waals surface area contributed by atoms with Gasteiger partial charge in [0.25, 0.3) is 0 Å². The number of nitrogens with one attached hydrogen (secondary N) is 2. The molecule has 0 aromatic heterocycles. The molecule has 0 aliphatic rings. The van der Waals surface area contributed by atoms with Gasteiger partial charge in [0.15, 0.2) is 0 Å². The Hall–Kier alpha value is -7.08. The first-order chi connectivity index (χ1) is 23.7. The van der Waals surface area contributed by atoms with E-state index < -0.39 is 0 Å². The van der Waals surface area contributed by atoms with Gasteiger partial charge in [0.1, 0.15) is 0 Å². The van der Waals surface area contributed by atoms with Crippen LogP contribution in [0.4, 0.5) is 56.9 Å². The molecular weight excluding hydrogens is 600 g/mol. The molecule has 6 aromatic carbocycles. The standard InChI is InChI=1S/C36H28N12/c1-3-7-27(8-4-1)37-39-29-11-19-33(20-12-29)43-47-45-35-23-15-31(16-24-35)41-42-32-17-25-36(26-18-32)46-48-44-34-21-13-30(14-22-34)40-38-28-9-5-2-6-10-28/h1-26H,(H,43,45)(H,44,46). The van der Waals surface area contributed by atoms with Crippen LogP contribution < -0.4 is 10.9 Å². The first-order valence-corrected chi connectivity index (χ1v) is 14.8. The molecule has 2 N–H and O–H groups in total. The van der Waals surface area contributed by atoms with Crippen LogP contribution in [0.15, 0.2) is 209 Å². The second-order valence-electron chi connectivity index (χ2n) is 10.0. The van der Waals surface area contributed by atoms with E-state index in [0.29, 0.717) is 22.7 Å². The number of nitrogens with zero attached hydrogens (tertiary/aromatic N) is 10. The largest absolute Gasteiger partial charge is 0.260 e. The lowest BCUT2D eigenvalue weighted by Gasteiger charge is -2.00. The highest BCUT2D eigenvalue weighted by Crippen LogP contribution is 2.25. The van der Waals surface area contributed by atoms with Gasteiger partial charge >= 0.3 is 0 Å². The van der Waals surface area contributed by atoms with Gasteiger partial charge < -0.3 is 0 Å². The molecule has 232 valence electrons. The minimum absolute atomic E-state index is 0.685. The van der Waals surface area contributed by atoms with E-state index in [-0.39, 0.29) is 0 Å². The molecule has 0 aliphatic carbocycles. The molecule has 12 nitrogen and oxygen atoms in total. The van der Waals surface area contributed by atoms with E-state index in [1.165, 1.54) is 0 Å². The number of anilines is 2. The van der Waals surface area contributed by atoms with Gasteiger partial charge in [-0.3, -0.25) is 10.9 Å². The van der Waals surface area contributed by atoms with E-state index in [9.17, 15) is 0 Å². The molecule has 0 aliphatic heterocycles. The molecule has 0 unspecified atom stereocenters. The van der Waals surface area contributed by atoms with E-state index in [1.54, 1.807) is 0 Å². The van der Waals surface area contributed by atoms with Crippen LogP contribution in [0.1, 0.15) is 0 Å². The van der Waals surface area contributed by atoms with Gasteiger partial charge in [-0.25, -0.2) is 0 Å². The molecule has 12 heteroatoms. The molecular formula is C36H28N12. The van der Waals surface area contributed by atoms with E-state index >= 15 is 0 Å². The molecule has 0 atom stereocenters. The summed E-state index contributed by atoms with van der Waals surface area (Å²) in [7, 11) is 0. The molecule has 0 heterocycles. The molecule has 0 fully saturated rings. The van der Waals surface area contributed by atoms with Crippen LogP contribution in [0, 0.1) is 0 Å². The summed E-state index contributed by atoms with van der Waals surface area (Å²) in [5, 5.41) is 42.0. The summed E-state index contributed by atoms with van der Waals surface area (Å²) >= 11 is 0. The fraction of sp³-hybridized carbons (Fsp3) is 0. The van der Waals surface area contributed by atoms with Gasteiger partial charge in [-0.2, -0.15) is 30.7 Å². The van der Waals surface area contributed by atoms with Crippen LogP contribution >= 0.6 is 0 Å². The summed E-state index contributed by atoms with van der Waals surface area (Å²) in [5.41, 5.74) is 13.2. The first-order valence-electron chi connectivity index (χ1n) is 14.8. The summed E-state index contributed by atoms with van der Waals surface area (Å²) in [4.78, 5) is 0. The lowest BCUT2D eigenvalue weighted by molar-refractivity contribution is 1.13. The molecule has 0 saturated heterocycles. The minimum Gasteiger partial charge on any atom is -0.260 e. The topological polar surface area (TPSA) is 148 Å². The van der Waals surface area contributed by atoms with Gasteiger partial charge in [0, 0.05) is 0 Å². The maximum Gasteiger partial charge on any atom is 0.0875 e. The minimum atomic E-state index is 0.685. The zero-order valence-electron chi connectivity index (χ0n) is 25.5. The molecule has 0 radical (unpaired) electrons. The number of hydrogen-bond acceptors (Lipinski definition) is 10. The highest BCUT2D eigenvalue weighted by atomic mass is 15.4. The van der Waals surface area contributed by atoms with Gasteiger partial charge in [-0.15, -0.1) is 10.2 Å². The maximum absolute atomic E-state index is 4.31. The van der Waals surface area contributed by atoms with Crippen molar-refractivity contribution in [2.24, 2.45) is 51.4 Å². The quantitative estimate of drug-likeness (QED) is 0.102. The van der Waals surface area contributed by atoms with Crippen molar-refractivity contribution in [3.8, 4) is 0 Å². The van der Waals surface area contributed by atoms with Gasteiger partial charge in [-0.1, -0.05) is 46.8 Å². The summed E-state index contributed by atoms with van der Waals surface area (Å²) in [6.45, 7) is 0. The number of azo groups is 3. The molecule has 6 aromatic rings. The third-order valence-corrected chi connectivity index (χ3v) is 6.48. The van der Waals surface area contributed by atoms with Crippen molar-refractivity contribution in [2.45, 2.75) is 0 Å². The van der Waals surface area contributed by atoms with Gasteiger partial charge in [0.2, 0.25) is 0 Å². The SMILES string of the molecule is c1ccc(N=Nc2ccc(N=NNc3ccc(N=Nc4ccc(NN=Nc5ccc(N=Nc6ccccc6)cc5)cc4)cc3)cc2)cc1. The van der Waals surface area contributed by atoms with E-state index in [0.717, 1.165) is 34.1 Å². The summed E-state index contributed by atoms with van der Waals surface area (Å²) < 4.78 is 0. The maximum atomic E-state index is 4.31. The highest BCUT2D eigenvalue weighted by Gasteiger charge is 1.97. The third-order valence-electron chi connectivity index (χ3n) is 6.48. The second-order valence-corrected chi connectivity index (χ2v) is 10.0. The zero-order valence-corrected chi connectivity index (χ0v) is 25.5. The second kappa shape index (κ2) is 16.3. The lowest BCUT2D eigenvalue weighted by Crippen LogP contribution is -1.85. The fourth-order valence-corrected chi connectivity index (χ4v) is 3.99. The Morgan fingerprint density at radius 1 is 0.229 bits per heavy atom. The number of rotatable bonds is 12. The van der Waals surface area contributed by atoms with Crippen molar-refractivity contribution in [3.63, 3.8) is 0 Å². The van der Waals surface area contributed by atoms with Crippen molar-refractivity contribution < 1.29 is 0 Å². The van der Waals surface area contributed by atoms with Gasteiger partial charge in [-0.05, 0) is 121 Å². The first kappa shape index (κ1) is 30.9. The molecule has 0 bridgehead atoms. The Bertz CT molecular complexity index is 1870. The zero-order chi connectivity index (χ0) is 32.6. The van der Waals surface area contributed by atoms with Crippen LogP contribution in [0.5, 0.6) is 0 Å². The molecule has 0 spiro atoms. The Kier molecular flexibility index (Phi) is 10.5. The van der Waals surface area contributed by atoms with Crippen LogP contribution in [-0.2, 0) is 0 Å². The average Bonchev–Trinajstić information content (AvgIpc) is 3.15. The van der Waals surface area contributed by atoms with E-state index in [4.69, 9.17) is 0 Å². The summed E-state index contributed by atoms with van der Waals surface area (Å²) in [5.74, 6) is 0. The van der Waals surface area contributed by atoms with Crippen molar-refractivity contribution in [1.82, 2.24) is 0 Å². The normalized spacial score (nSPS) is 11.8. The smallest absolute Gasteiger partial charge is 0.0875 e. The average molecular weight is 629 g/mol. The van der Waals surface area contributed by atoms with Crippen LogP contribution in [-0.4, -0.2) is 0 Å². The van der Waals surface area contributed by atoms with Crippen molar-refractivity contribution in [2.75, 3.05) is 10.9 Å². The lowest BCUT2D eigenvalue weighted by atomic mass is 10.3. The third kappa shape index (κ3) is 9.71. The molecule has 48 heavy (non-hydrogen) atoms. The highest BCUT2D eigenvalue weighted by molar-refractivity contribution is 5.53. The van der Waals surface area contributed by atoms with Crippen molar-refractivity contribution in [1.29, 1.82) is 0 Å². The molecule has 6 rings (SSSR count). The van der Waals surface area contributed by atoms with Crippen LogP contribution in [0.3, 0.4) is 0 Å². The van der Waals surface area contributed by atoms with Crippen LogP contribution in [0.25, 0.3) is 0 Å². The fourth-order valence-electron chi connectivity index (χ4n) is 3.99. The predicted molar refractivity (Wildman–Crippen MR) is 187 cm³/mol. The van der Waals surface area contributed by atoms with E-state index in [1.807, 2.05) is 158 Å². The Morgan fingerprint density at radius 2 is 0.458 bits per heavy atom. The van der Waals surface area contributed by atoms with Gasteiger partial charge in [0.05, 0.1) is 56.9 Å². The Morgan fingerprint density at radius 3 is 0.750 bits per heavy atom. The molecule has 0 amide bonds. The van der Waals surface area contributed by atoms with Crippen molar-refractivity contribution >= 4 is 56.9 Å². The Labute approximate surface area is 276 Å². The number of hydrogen-bond donors (Lipinski definition) is 2. The Balaban J connectivity index is 0.935. The number of benzene rings is 6. The summed E-state index contributed by atoms with van der Waals surface area (Å²) in [6.07, 6.45) is 0. The monoisotopic (exact) mass is 628 g/mol.